The van der Waals surface area contributed by atoms with E-state index in [2.05, 4.69) is 55.7 Å². The van der Waals surface area contributed by atoms with Crippen LogP contribution in [0.2, 0.25) is 10.0 Å². The van der Waals surface area contributed by atoms with E-state index in [1.165, 1.54) is 0 Å². The van der Waals surface area contributed by atoms with E-state index in [0.717, 1.165) is 29.6 Å². The van der Waals surface area contributed by atoms with E-state index in [-0.39, 0.29) is 5.91 Å². The van der Waals surface area contributed by atoms with Gasteiger partial charge in [0, 0.05) is 21.2 Å². The van der Waals surface area contributed by atoms with Gasteiger partial charge in [-0.1, -0.05) is 47.5 Å². The van der Waals surface area contributed by atoms with Crippen molar-refractivity contribution in [3.8, 4) is 5.75 Å². The van der Waals surface area contributed by atoms with Crippen LogP contribution in [0, 0.1) is 14.1 Å². The van der Waals surface area contributed by atoms with E-state index < -0.39 is 0 Å². The lowest BCUT2D eigenvalue weighted by Gasteiger charge is -2.12. The summed E-state index contributed by atoms with van der Waals surface area (Å²) in [6.07, 6.45) is 1.61. The lowest BCUT2D eigenvalue weighted by atomic mass is 10.1. The molecule has 30 heavy (non-hydrogen) atoms. The average Bonchev–Trinajstić information content (AvgIpc) is 2.69. The quantitative estimate of drug-likeness (QED) is 0.178. The molecule has 0 radical (unpaired) electrons. The Balaban J connectivity index is 1.67. The molecule has 0 aromatic heterocycles. The SMILES string of the molecule is Cc1ccccc1C(=O)N/N=C\c1cc(I)c(OCc2ccc(Cl)cc2Cl)c(I)c1. The molecular formula is C22H16Cl2I2N2O2. The van der Waals surface area contributed by atoms with Gasteiger partial charge in [-0.2, -0.15) is 5.10 Å². The third kappa shape index (κ3) is 6.09. The van der Waals surface area contributed by atoms with Crippen molar-refractivity contribution in [3.05, 3.63) is 94.0 Å². The van der Waals surface area contributed by atoms with Gasteiger partial charge in [0.15, 0.2) is 0 Å². The fourth-order valence-corrected chi connectivity index (χ4v) is 5.22. The fraction of sp³-hybridized carbons (Fsp3) is 0.0909. The van der Waals surface area contributed by atoms with Crippen LogP contribution >= 0.6 is 68.4 Å². The van der Waals surface area contributed by atoms with Crippen molar-refractivity contribution >= 4 is 80.5 Å². The molecule has 0 saturated carbocycles. The Morgan fingerprint density at radius 2 is 1.80 bits per heavy atom. The molecule has 0 spiro atoms. The van der Waals surface area contributed by atoms with Crippen LogP contribution in [-0.2, 0) is 6.61 Å². The number of halogens is 4. The number of hydrogen-bond donors (Lipinski definition) is 1. The molecule has 0 aliphatic carbocycles. The summed E-state index contributed by atoms with van der Waals surface area (Å²) >= 11 is 16.6. The second-order valence-electron chi connectivity index (χ2n) is 6.35. The van der Waals surface area contributed by atoms with Crippen molar-refractivity contribution in [2.75, 3.05) is 0 Å². The number of rotatable bonds is 6. The number of aryl methyl sites for hydroxylation is 1. The summed E-state index contributed by atoms with van der Waals surface area (Å²) < 4.78 is 7.84. The largest absolute Gasteiger partial charge is 0.487 e. The molecule has 0 bridgehead atoms. The first-order valence-corrected chi connectivity index (χ1v) is 11.7. The Morgan fingerprint density at radius 3 is 2.47 bits per heavy atom. The maximum Gasteiger partial charge on any atom is 0.271 e. The summed E-state index contributed by atoms with van der Waals surface area (Å²) in [4.78, 5) is 12.2. The number of amides is 1. The summed E-state index contributed by atoms with van der Waals surface area (Å²) in [5, 5.41) is 5.24. The molecule has 4 nitrogen and oxygen atoms in total. The van der Waals surface area contributed by atoms with Crippen molar-refractivity contribution in [1.29, 1.82) is 0 Å². The number of hydrogen-bond acceptors (Lipinski definition) is 3. The highest BCUT2D eigenvalue weighted by Crippen LogP contribution is 2.30. The van der Waals surface area contributed by atoms with Crippen molar-refractivity contribution < 1.29 is 9.53 Å². The van der Waals surface area contributed by atoms with Crippen LogP contribution in [0.5, 0.6) is 5.75 Å². The second-order valence-corrected chi connectivity index (χ2v) is 9.52. The minimum Gasteiger partial charge on any atom is -0.487 e. The minimum atomic E-state index is -0.242. The first-order valence-electron chi connectivity index (χ1n) is 8.80. The van der Waals surface area contributed by atoms with Crippen molar-refractivity contribution in [3.63, 3.8) is 0 Å². The Labute approximate surface area is 212 Å². The van der Waals surface area contributed by atoms with Gasteiger partial charge in [-0.15, -0.1) is 0 Å². The van der Waals surface area contributed by atoms with Crippen molar-refractivity contribution in [2.45, 2.75) is 13.5 Å². The molecule has 0 unspecified atom stereocenters. The van der Waals surface area contributed by atoms with Gasteiger partial charge in [0.05, 0.1) is 13.4 Å². The number of carbonyl (C=O) groups is 1. The zero-order valence-corrected chi connectivity index (χ0v) is 21.6. The molecule has 0 fully saturated rings. The molecule has 8 heteroatoms. The predicted molar refractivity (Wildman–Crippen MR) is 139 cm³/mol. The summed E-state index contributed by atoms with van der Waals surface area (Å²) in [5.41, 5.74) is 5.78. The molecule has 1 N–H and O–H groups in total. The normalized spacial score (nSPS) is 11.0. The molecular weight excluding hydrogens is 649 g/mol. The molecule has 3 rings (SSSR count). The van der Waals surface area contributed by atoms with Gasteiger partial charge in [-0.25, -0.2) is 5.43 Å². The number of nitrogens with zero attached hydrogens (tertiary/aromatic N) is 1. The zero-order chi connectivity index (χ0) is 21.7. The minimum absolute atomic E-state index is 0.242. The molecule has 0 heterocycles. The number of ether oxygens (including phenoxy) is 1. The van der Waals surface area contributed by atoms with Gasteiger partial charge < -0.3 is 4.74 Å². The predicted octanol–water partition coefficient (Wildman–Crippen LogP) is 6.85. The third-order valence-electron chi connectivity index (χ3n) is 4.18. The van der Waals surface area contributed by atoms with Crippen LogP contribution in [-0.4, -0.2) is 12.1 Å². The van der Waals surface area contributed by atoms with Crippen LogP contribution in [0.15, 0.2) is 59.7 Å². The van der Waals surface area contributed by atoms with Gasteiger partial charge in [-0.3, -0.25) is 4.79 Å². The average molecular weight is 665 g/mol. The van der Waals surface area contributed by atoms with Gasteiger partial charge >= 0.3 is 0 Å². The molecule has 0 aliphatic rings. The monoisotopic (exact) mass is 664 g/mol. The molecule has 3 aromatic rings. The van der Waals surface area contributed by atoms with Gasteiger partial charge in [0.25, 0.3) is 5.91 Å². The van der Waals surface area contributed by atoms with E-state index in [1.807, 2.05) is 43.3 Å². The van der Waals surface area contributed by atoms with Gasteiger partial charge in [0.1, 0.15) is 12.4 Å². The van der Waals surface area contributed by atoms with E-state index in [9.17, 15) is 4.79 Å². The Hall–Kier alpha value is -1.36. The Morgan fingerprint density at radius 1 is 1.10 bits per heavy atom. The summed E-state index contributed by atoms with van der Waals surface area (Å²) in [5.74, 6) is 0.525. The lowest BCUT2D eigenvalue weighted by Crippen LogP contribution is -2.18. The highest BCUT2D eigenvalue weighted by Gasteiger charge is 2.11. The third-order valence-corrected chi connectivity index (χ3v) is 6.37. The van der Waals surface area contributed by atoms with Crippen LogP contribution < -0.4 is 10.2 Å². The van der Waals surface area contributed by atoms with Crippen LogP contribution in [0.25, 0.3) is 0 Å². The lowest BCUT2D eigenvalue weighted by molar-refractivity contribution is 0.0954. The summed E-state index contributed by atoms with van der Waals surface area (Å²) in [7, 11) is 0. The maximum atomic E-state index is 12.2. The Bertz CT molecular complexity index is 1100. The summed E-state index contributed by atoms with van der Waals surface area (Å²) in [6, 6.07) is 16.6. The molecule has 0 aliphatic heterocycles. The standard InChI is InChI=1S/C22H16Cl2I2N2O2/c1-13-4-2-3-5-17(13)22(29)28-27-11-14-8-19(25)21(20(26)9-14)30-12-15-6-7-16(23)10-18(15)24/h2-11H,12H2,1H3,(H,28,29)/b27-11-. The van der Waals surface area contributed by atoms with Gasteiger partial charge in [0.2, 0.25) is 0 Å². The number of benzene rings is 3. The first-order chi connectivity index (χ1) is 14.3. The van der Waals surface area contributed by atoms with Crippen LogP contribution in [0.1, 0.15) is 27.0 Å². The molecule has 0 saturated heterocycles. The maximum absolute atomic E-state index is 12.2. The smallest absolute Gasteiger partial charge is 0.271 e. The highest BCUT2D eigenvalue weighted by atomic mass is 127. The number of hydrazone groups is 1. The van der Waals surface area contributed by atoms with Crippen molar-refractivity contribution in [1.82, 2.24) is 5.43 Å². The molecule has 3 aromatic carbocycles. The molecule has 154 valence electrons. The second kappa shape index (κ2) is 10.8. The van der Waals surface area contributed by atoms with Crippen LogP contribution in [0.3, 0.4) is 0 Å². The van der Waals surface area contributed by atoms with Crippen LogP contribution in [0.4, 0.5) is 0 Å². The Kier molecular flexibility index (Phi) is 8.38. The van der Waals surface area contributed by atoms with E-state index in [1.54, 1.807) is 24.4 Å². The fourth-order valence-electron chi connectivity index (χ4n) is 2.63. The first kappa shape index (κ1) is 23.3. The zero-order valence-electron chi connectivity index (χ0n) is 15.8. The van der Waals surface area contributed by atoms with E-state index >= 15 is 0 Å². The van der Waals surface area contributed by atoms with E-state index in [4.69, 9.17) is 27.9 Å². The number of carbonyl (C=O) groups excluding carboxylic acids is 1. The topological polar surface area (TPSA) is 50.7 Å². The summed E-state index contributed by atoms with van der Waals surface area (Å²) in [6.45, 7) is 2.22. The molecule has 0 atom stereocenters. The van der Waals surface area contributed by atoms with Gasteiger partial charge in [-0.05, 0) is 93.6 Å². The molecule has 1 amide bonds. The van der Waals surface area contributed by atoms with Crippen molar-refractivity contribution in [2.24, 2.45) is 5.10 Å². The number of nitrogens with one attached hydrogen (secondary N) is 1. The highest BCUT2D eigenvalue weighted by molar-refractivity contribution is 14.1. The van der Waals surface area contributed by atoms with E-state index in [0.29, 0.717) is 22.2 Å².